The lowest BCUT2D eigenvalue weighted by Crippen LogP contribution is -2.52. The highest BCUT2D eigenvalue weighted by Gasteiger charge is 2.33. The van der Waals surface area contributed by atoms with Crippen LogP contribution in [-0.4, -0.2) is 58.0 Å². The zero-order valence-electron chi connectivity index (χ0n) is 24.1. The van der Waals surface area contributed by atoms with Crippen molar-refractivity contribution in [2.45, 2.75) is 50.7 Å². The minimum absolute atomic E-state index is 0.0127. The second-order valence-corrected chi connectivity index (χ2v) is 11.9. The molecule has 2 unspecified atom stereocenters. The van der Waals surface area contributed by atoms with Gasteiger partial charge in [-0.05, 0) is 74.4 Å². The first kappa shape index (κ1) is 32.7. The molecule has 0 aromatic heterocycles. The van der Waals surface area contributed by atoms with Gasteiger partial charge in [0.15, 0.2) is 11.5 Å². The van der Waals surface area contributed by atoms with Gasteiger partial charge < -0.3 is 19.7 Å². The number of benzene rings is 3. The molecule has 3 rings (SSSR count). The van der Waals surface area contributed by atoms with Gasteiger partial charge in [-0.25, -0.2) is 12.8 Å². The molecule has 0 saturated carbocycles. The second-order valence-electron chi connectivity index (χ2n) is 9.65. The summed E-state index contributed by atoms with van der Waals surface area (Å²) in [6.07, 6.45) is 0.686. The number of anilines is 1. The summed E-state index contributed by atoms with van der Waals surface area (Å²) in [6, 6.07) is 14.5. The van der Waals surface area contributed by atoms with Crippen LogP contribution < -0.4 is 19.1 Å². The van der Waals surface area contributed by atoms with E-state index in [0.717, 1.165) is 16.4 Å². The molecule has 0 spiro atoms. The zero-order valence-corrected chi connectivity index (χ0v) is 25.7. The van der Waals surface area contributed by atoms with Crippen LogP contribution in [0.1, 0.15) is 32.8 Å². The largest absolute Gasteiger partial charge is 0.493 e. The third-order valence-electron chi connectivity index (χ3n) is 6.77. The first-order chi connectivity index (χ1) is 19.9. The minimum Gasteiger partial charge on any atom is -0.493 e. The van der Waals surface area contributed by atoms with Gasteiger partial charge in [-0.15, -0.1) is 0 Å². The highest BCUT2D eigenvalue weighted by Crippen LogP contribution is 2.32. The Balaban J connectivity index is 2.06. The van der Waals surface area contributed by atoms with E-state index in [1.807, 2.05) is 13.8 Å². The number of hydrogen-bond acceptors (Lipinski definition) is 6. The van der Waals surface area contributed by atoms with Crippen molar-refractivity contribution in [3.8, 4) is 11.5 Å². The minimum atomic E-state index is -4.39. The summed E-state index contributed by atoms with van der Waals surface area (Å²) in [5.41, 5.74) is 0.745. The van der Waals surface area contributed by atoms with Crippen molar-refractivity contribution in [3.63, 3.8) is 0 Å². The Bertz CT molecular complexity index is 1490. The van der Waals surface area contributed by atoms with Crippen LogP contribution in [-0.2, 0) is 26.2 Å². The molecular formula is C30H35ClFN3O6S. The summed E-state index contributed by atoms with van der Waals surface area (Å²) in [6.45, 7) is 4.69. The summed E-state index contributed by atoms with van der Waals surface area (Å²) in [4.78, 5) is 28.2. The monoisotopic (exact) mass is 619 g/mol. The number of carbonyl (C=O) groups is 2. The molecule has 226 valence electrons. The number of amides is 2. The van der Waals surface area contributed by atoms with E-state index in [0.29, 0.717) is 22.8 Å². The fraction of sp³-hybridized carbons (Fsp3) is 0.333. The molecule has 0 fully saturated rings. The summed E-state index contributed by atoms with van der Waals surface area (Å²) in [7, 11) is -1.60. The fourth-order valence-electron chi connectivity index (χ4n) is 4.07. The molecular weight excluding hydrogens is 585 g/mol. The molecule has 0 aliphatic heterocycles. The van der Waals surface area contributed by atoms with Gasteiger partial charge in [-0.1, -0.05) is 30.7 Å². The van der Waals surface area contributed by atoms with Crippen LogP contribution in [0.5, 0.6) is 11.5 Å². The van der Waals surface area contributed by atoms with Gasteiger partial charge in [-0.3, -0.25) is 13.9 Å². The average Bonchev–Trinajstić information content (AvgIpc) is 2.98. The number of ether oxygens (including phenoxy) is 2. The lowest BCUT2D eigenvalue weighted by molar-refractivity contribution is -0.139. The molecule has 3 aromatic carbocycles. The molecule has 42 heavy (non-hydrogen) atoms. The van der Waals surface area contributed by atoms with Crippen molar-refractivity contribution >= 4 is 39.1 Å². The van der Waals surface area contributed by atoms with Gasteiger partial charge in [-0.2, -0.15) is 0 Å². The third kappa shape index (κ3) is 7.92. The fourth-order valence-corrected chi connectivity index (χ4v) is 5.63. The quantitative estimate of drug-likeness (QED) is 0.288. The summed E-state index contributed by atoms with van der Waals surface area (Å²) < 4.78 is 53.2. The van der Waals surface area contributed by atoms with Gasteiger partial charge >= 0.3 is 0 Å². The van der Waals surface area contributed by atoms with Crippen LogP contribution in [0.15, 0.2) is 71.6 Å². The number of halogens is 2. The summed E-state index contributed by atoms with van der Waals surface area (Å²) in [5, 5.41) is 3.38. The van der Waals surface area contributed by atoms with Crippen LogP contribution >= 0.6 is 11.6 Å². The molecule has 2 atom stereocenters. The number of methoxy groups -OCH3 is 2. The van der Waals surface area contributed by atoms with Crippen molar-refractivity contribution in [1.29, 1.82) is 0 Å². The van der Waals surface area contributed by atoms with E-state index in [9.17, 15) is 22.4 Å². The molecule has 9 nitrogen and oxygen atoms in total. The topological polar surface area (TPSA) is 105 Å². The molecule has 0 radical (unpaired) electrons. The maximum absolute atomic E-state index is 14.0. The lowest BCUT2D eigenvalue weighted by atomic mass is 10.1. The van der Waals surface area contributed by atoms with Gasteiger partial charge in [0.05, 0.1) is 24.8 Å². The predicted octanol–water partition coefficient (Wildman–Crippen LogP) is 5.02. The maximum Gasteiger partial charge on any atom is 0.264 e. The molecule has 3 aromatic rings. The average molecular weight is 620 g/mol. The van der Waals surface area contributed by atoms with Gasteiger partial charge in [0.1, 0.15) is 18.4 Å². The van der Waals surface area contributed by atoms with E-state index in [-0.39, 0.29) is 34.8 Å². The summed E-state index contributed by atoms with van der Waals surface area (Å²) >= 11 is 6.03. The lowest BCUT2D eigenvalue weighted by Gasteiger charge is -2.32. The normalized spacial score (nSPS) is 12.6. The number of nitrogens with one attached hydrogen (secondary N) is 1. The molecule has 0 saturated heterocycles. The zero-order chi connectivity index (χ0) is 31.0. The SMILES string of the molecule is CCC(C)NC(=O)C(C)N(Cc1ccc(Cl)cc1)C(=O)CN(c1ccc(F)cc1)S(=O)(=O)c1ccc(OC)c(OC)c1. The smallest absolute Gasteiger partial charge is 0.264 e. The Hall–Kier alpha value is -3.83. The maximum atomic E-state index is 14.0. The van der Waals surface area contributed by atoms with Crippen LogP contribution in [0.25, 0.3) is 0 Å². The van der Waals surface area contributed by atoms with E-state index in [1.165, 1.54) is 49.5 Å². The van der Waals surface area contributed by atoms with Crippen LogP contribution in [0.4, 0.5) is 10.1 Å². The highest BCUT2D eigenvalue weighted by atomic mass is 35.5. The van der Waals surface area contributed by atoms with Crippen LogP contribution in [0, 0.1) is 5.82 Å². The molecule has 0 aliphatic carbocycles. The van der Waals surface area contributed by atoms with Crippen molar-refractivity contribution in [3.05, 3.63) is 83.1 Å². The van der Waals surface area contributed by atoms with Crippen molar-refractivity contribution in [1.82, 2.24) is 10.2 Å². The Morgan fingerprint density at radius 2 is 1.57 bits per heavy atom. The van der Waals surface area contributed by atoms with Gasteiger partial charge in [0.2, 0.25) is 11.8 Å². The number of nitrogens with zero attached hydrogens (tertiary/aromatic N) is 2. The number of rotatable bonds is 13. The number of carbonyl (C=O) groups excluding carboxylic acids is 2. The van der Waals surface area contributed by atoms with E-state index >= 15 is 0 Å². The van der Waals surface area contributed by atoms with E-state index in [1.54, 1.807) is 31.2 Å². The number of hydrogen-bond donors (Lipinski definition) is 1. The standard InChI is InChI=1S/C30H35ClFN3O6S/c1-6-20(2)33-30(37)21(3)34(18-22-7-9-23(31)10-8-22)29(36)19-35(25-13-11-24(32)12-14-25)42(38,39)26-15-16-27(40-4)28(17-26)41-5/h7-17,20-21H,6,18-19H2,1-5H3,(H,33,37). The molecule has 0 heterocycles. The van der Waals surface area contributed by atoms with Gasteiger partial charge in [0, 0.05) is 23.7 Å². The van der Waals surface area contributed by atoms with Crippen molar-refractivity contribution in [2.75, 3.05) is 25.1 Å². The predicted molar refractivity (Wildman–Crippen MR) is 160 cm³/mol. The second kappa shape index (κ2) is 14.4. The van der Waals surface area contributed by atoms with E-state index in [2.05, 4.69) is 5.32 Å². The Labute approximate surface area is 251 Å². The molecule has 12 heteroatoms. The molecule has 2 amide bonds. The highest BCUT2D eigenvalue weighted by molar-refractivity contribution is 7.92. The Kier molecular flexibility index (Phi) is 11.2. The van der Waals surface area contributed by atoms with Crippen molar-refractivity contribution < 1.29 is 31.9 Å². The molecule has 0 bridgehead atoms. The first-order valence-corrected chi connectivity index (χ1v) is 15.1. The first-order valence-electron chi connectivity index (χ1n) is 13.3. The summed E-state index contributed by atoms with van der Waals surface area (Å²) in [5.74, 6) is -1.12. The van der Waals surface area contributed by atoms with Crippen LogP contribution in [0.2, 0.25) is 5.02 Å². The van der Waals surface area contributed by atoms with Gasteiger partial charge in [0.25, 0.3) is 10.0 Å². The van der Waals surface area contributed by atoms with Crippen molar-refractivity contribution in [2.24, 2.45) is 0 Å². The Morgan fingerprint density at radius 1 is 0.952 bits per heavy atom. The van der Waals surface area contributed by atoms with E-state index in [4.69, 9.17) is 21.1 Å². The van der Waals surface area contributed by atoms with E-state index < -0.39 is 34.3 Å². The van der Waals surface area contributed by atoms with Crippen LogP contribution in [0.3, 0.4) is 0 Å². The Morgan fingerprint density at radius 3 is 2.14 bits per heavy atom. The third-order valence-corrected chi connectivity index (χ3v) is 8.79. The molecule has 1 N–H and O–H groups in total. The number of sulfonamides is 1. The molecule has 0 aliphatic rings.